The fourth-order valence-electron chi connectivity index (χ4n) is 3.01. The Morgan fingerprint density at radius 2 is 1.80 bits per heavy atom. The van der Waals surface area contributed by atoms with E-state index in [2.05, 4.69) is 15.5 Å². The Labute approximate surface area is 145 Å². The van der Waals surface area contributed by atoms with Crippen LogP contribution in [0.15, 0.2) is 24.3 Å². The molecule has 0 atom stereocenters. The van der Waals surface area contributed by atoms with Gasteiger partial charge < -0.3 is 5.32 Å². The van der Waals surface area contributed by atoms with Gasteiger partial charge in [0.2, 0.25) is 5.91 Å². The molecule has 25 heavy (non-hydrogen) atoms. The highest BCUT2D eigenvalue weighted by Crippen LogP contribution is 2.22. The van der Waals surface area contributed by atoms with Crippen molar-refractivity contribution in [2.45, 2.75) is 26.7 Å². The molecule has 0 unspecified atom stereocenters. The van der Waals surface area contributed by atoms with Gasteiger partial charge in [0.15, 0.2) is 0 Å². The van der Waals surface area contributed by atoms with E-state index in [0.29, 0.717) is 24.1 Å². The van der Waals surface area contributed by atoms with Gasteiger partial charge in [-0.25, -0.2) is 0 Å². The normalized spacial score (nSPS) is 13.3. The van der Waals surface area contributed by atoms with Gasteiger partial charge in [-0.2, -0.15) is 5.10 Å². The highest BCUT2D eigenvalue weighted by molar-refractivity contribution is 6.21. The van der Waals surface area contributed by atoms with Gasteiger partial charge in [-0.1, -0.05) is 12.1 Å². The summed E-state index contributed by atoms with van der Waals surface area (Å²) in [6.07, 6.45) is 0.780. The number of imide groups is 1. The third kappa shape index (κ3) is 3.31. The third-order valence-electron chi connectivity index (χ3n) is 4.42. The second-order valence-corrected chi connectivity index (χ2v) is 6.07. The standard InChI is InChI=1S/C18H20N4O3/c1-11-13(12(2)21-20-11)7-9-19-16(23)8-10-22-17(24)14-5-3-4-6-15(14)18(22)25/h3-6H,7-10H2,1-2H3,(H,19,23)(H,20,21). The number of hydrogen-bond acceptors (Lipinski definition) is 4. The van der Waals surface area contributed by atoms with Crippen LogP contribution in [0.3, 0.4) is 0 Å². The molecule has 0 saturated heterocycles. The number of aryl methyl sites for hydroxylation is 2. The van der Waals surface area contributed by atoms with Crippen molar-refractivity contribution in [3.05, 3.63) is 52.3 Å². The second-order valence-electron chi connectivity index (χ2n) is 6.07. The summed E-state index contributed by atoms with van der Waals surface area (Å²) < 4.78 is 0. The Bertz CT molecular complexity index is 786. The predicted octanol–water partition coefficient (Wildman–Crippen LogP) is 1.37. The lowest BCUT2D eigenvalue weighted by molar-refractivity contribution is -0.121. The van der Waals surface area contributed by atoms with Crippen molar-refractivity contribution < 1.29 is 14.4 Å². The number of amides is 3. The number of aromatic amines is 1. The fourth-order valence-corrected chi connectivity index (χ4v) is 3.01. The molecule has 0 radical (unpaired) electrons. The molecule has 2 aromatic rings. The summed E-state index contributed by atoms with van der Waals surface area (Å²) in [4.78, 5) is 37.6. The average Bonchev–Trinajstić information content (AvgIpc) is 3.05. The van der Waals surface area contributed by atoms with Gasteiger partial charge in [-0.05, 0) is 38.0 Å². The first kappa shape index (κ1) is 16.9. The maximum absolute atomic E-state index is 12.2. The molecule has 0 fully saturated rings. The number of rotatable bonds is 6. The van der Waals surface area contributed by atoms with Gasteiger partial charge in [-0.3, -0.25) is 24.4 Å². The number of H-pyrrole nitrogens is 1. The van der Waals surface area contributed by atoms with Crippen molar-refractivity contribution in [2.75, 3.05) is 13.1 Å². The van der Waals surface area contributed by atoms with E-state index < -0.39 is 0 Å². The molecule has 0 spiro atoms. The molecule has 2 N–H and O–H groups in total. The van der Waals surface area contributed by atoms with Gasteiger partial charge in [-0.15, -0.1) is 0 Å². The lowest BCUT2D eigenvalue weighted by Crippen LogP contribution is -2.35. The number of carbonyl (C=O) groups is 3. The van der Waals surface area contributed by atoms with E-state index in [4.69, 9.17) is 0 Å². The molecular weight excluding hydrogens is 320 g/mol. The monoisotopic (exact) mass is 340 g/mol. The van der Waals surface area contributed by atoms with Crippen molar-refractivity contribution in [2.24, 2.45) is 0 Å². The molecule has 1 aliphatic rings. The molecule has 130 valence electrons. The smallest absolute Gasteiger partial charge is 0.261 e. The zero-order chi connectivity index (χ0) is 18.0. The van der Waals surface area contributed by atoms with Gasteiger partial charge >= 0.3 is 0 Å². The predicted molar refractivity (Wildman–Crippen MR) is 91.2 cm³/mol. The molecule has 1 aromatic heterocycles. The van der Waals surface area contributed by atoms with E-state index >= 15 is 0 Å². The summed E-state index contributed by atoms with van der Waals surface area (Å²) >= 11 is 0. The highest BCUT2D eigenvalue weighted by Gasteiger charge is 2.34. The highest BCUT2D eigenvalue weighted by atomic mass is 16.2. The van der Waals surface area contributed by atoms with E-state index in [1.807, 2.05) is 13.8 Å². The number of carbonyl (C=O) groups excluding carboxylic acids is 3. The van der Waals surface area contributed by atoms with E-state index in [0.717, 1.165) is 21.9 Å². The van der Waals surface area contributed by atoms with Crippen molar-refractivity contribution in [1.82, 2.24) is 20.4 Å². The van der Waals surface area contributed by atoms with E-state index in [1.165, 1.54) is 0 Å². The Balaban J connectivity index is 1.49. The van der Waals surface area contributed by atoms with Gasteiger partial charge in [0.05, 0.1) is 16.8 Å². The number of benzene rings is 1. The van der Waals surface area contributed by atoms with Crippen LogP contribution in [-0.4, -0.2) is 45.9 Å². The molecule has 1 aromatic carbocycles. The van der Waals surface area contributed by atoms with Gasteiger partial charge in [0.1, 0.15) is 0 Å². The maximum Gasteiger partial charge on any atom is 0.261 e. The first-order valence-electron chi connectivity index (χ1n) is 8.21. The van der Waals surface area contributed by atoms with Crippen LogP contribution in [0.2, 0.25) is 0 Å². The Morgan fingerprint density at radius 1 is 1.16 bits per heavy atom. The van der Waals surface area contributed by atoms with Crippen LogP contribution in [0, 0.1) is 13.8 Å². The largest absolute Gasteiger partial charge is 0.356 e. The van der Waals surface area contributed by atoms with Crippen LogP contribution in [-0.2, 0) is 11.2 Å². The van der Waals surface area contributed by atoms with Crippen molar-refractivity contribution in [1.29, 1.82) is 0 Å². The summed E-state index contributed by atoms with van der Waals surface area (Å²) in [5.74, 6) is -0.855. The molecule has 0 aliphatic carbocycles. The summed E-state index contributed by atoms with van der Waals surface area (Å²) in [7, 11) is 0. The maximum atomic E-state index is 12.2. The van der Waals surface area contributed by atoms with Crippen molar-refractivity contribution in [3.63, 3.8) is 0 Å². The van der Waals surface area contributed by atoms with Crippen LogP contribution in [0.4, 0.5) is 0 Å². The summed E-state index contributed by atoms with van der Waals surface area (Å²) in [6.45, 7) is 4.44. The molecule has 0 bridgehead atoms. The zero-order valence-electron chi connectivity index (χ0n) is 14.3. The van der Waals surface area contributed by atoms with Crippen LogP contribution < -0.4 is 5.32 Å². The Hall–Kier alpha value is -2.96. The van der Waals surface area contributed by atoms with Crippen LogP contribution >= 0.6 is 0 Å². The van der Waals surface area contributed by atoms with E-state index in [9.17, 15) is 14.4 Å². The molecule has 2 heterocycles. The van der Waals surface area contributed by atoms with E-state index in [1.54, 1.807) is 24.3 Å². The zero-order valence-corrected chi connectivity index (χ0v) is 14.3. The Kier molecular flexibility index (Phi) is 4.65. The summed E-state index contributed by atoms with van der Waals surface area (Å²) in [6, 6.07) is 6.70. The minimum Gasteiger partial charge on any atom is -0.356 e. The van der Waals surface area contributed by atoms with Crippen LogP contribution in [0.25, 0.3) is 0 Å². The third-order valence-corrected chi connectivity index (χ3v) is 4.42. The average molecular weight is 340 g/mol. The molecule has 3 rings (SSSR count). The number of hydrogen-bond donors (Lipinski definition) is 2. The van der Waals surface area contributed by atoms with Crippen LogP contribution in [0.5, 0.6) is 0 Å². The molecule has 7 nitrogen and oxygen atoms in total. The van der Waals surface area contributed by atoms with Crippen molar-refractivity contribution in [3.8, 4) is 0 Å². The first-order chi connectivity index (χ1) is 12.0. The summed E-state index contributed by atoms with van der Waals surface area (Å²) in [5, 5.41) is 9.85. The second kappa shape index (κ2) is 6.88. The number of aromatic nitrogens is 2. The summed E-state index contributed by atoms with van der Waals surface area (Å²) in [5.41, 5.74) is 3.83. The lowest BCUT2D eigenvalue weighted by atomic mass is 10.1. The number of nitrogens with zero attached hydrogens (tertiary/aromatic N) is 2. The number of nitrogens with one attached hydrogen (secondary N) is 2. The molecule has 3 amide bonds. The Morgan fingerprint density at radius 3 is 2.36 bits per heavy atom. The quantitative estimate of drug-likeness (QED) is 0.777. The minimum atomic E-state index is -0.335. The first-order valence-corrected chi connectivity index (χ1v) is 8.21. The molecule has 0 saturated carbocycles. The SMILES string of the molecule is Cc1n[nH]c(C)c1CCNC(=O)CCN1C(=O)c2ccccc2C1=O. The fraction of sp³-hybridized carbons (Fsp3) is 0.333. The number of fused-ring (bicyclic) bond motifs is 1. The molecule has 7 heteroatoms. The van der Waals surface area contributed by atoms with Gasteiger partial charge in [0.25, 0.3) is 11.8 Å². The van der Waals surface area contributed by atoms with Gasteiger partial charge in [0, 0.05) is 25.2 Å². The molecule has 1 aliphatic heterocycles. The minimum absolute atomic E-state index is 0.0853. The van der Waals surface area contributed by atoms with E-state index in [-0.39, 0.29) is 30.7 Å². The van der Waals surface area contributed by atoms with Crippen molar-refractivity contribution >= 4 is 17.7 Å². The van der Waals surface area contributed by atoms with Crippen LogP contribution in [0.1, 0.15) is 44.1 Å². The molecular formula is C18H20N4O3. The topological polar surface area (TPSA) is 95.2 Å². The lowest BCUT2D eigenvalue weighted by Gasteiger charge is -2.13.